The molecule has 1 aromatic carbocycles. The Hall–Kier alpha value is -2.60. The minimum absolute atomic E-state index is 0.476. The van der Waals surface area contributed by atoms with Crippen molar-refractivity contribution in [3.8, 4) is 5.88 Å². The van der Waals surface area contributed by atoms with Crippen LogP contribution in [0.25, 0.3) is 0 Å². The lowest BCUT2D eigenvalue weighted by Crippen LogP contribution is -2.38. The number of hydrogen-bond donors (Lipinski definition) is 2. The first-order valence-electron chi connectivity index (χ1n) is 9.19. The fourth-order valence-electron chi connectivity index (χ4n) is 2.85. The molecule has 0 bridgehead atoms. The third-order valence-corrected chi connectivity index (χ3v) is 4.03. The van der Waals surface area contributed by atoms with E-state index in [0.29, 0.717) is 25.6 Å². The monoisotopic (exact) mass is 370 g/mol. The quantitative estimate of drug-likeness (QED) is 0.403. The predicted molar refractivity (Wildman–Crippen MR) is 109 cm³/mol. The Morgan fingerprint density at radius 3 is 2.59 bits per heavy atom. The SMILES string of the molecule is CN=C(NCCc1cc(C)cc(C)c1)NCc1cccnc1OCCOC. The third kappa shape index (κ3) is 7.27. The Labute approximate surface area is 162 Å². The molecule has 0 aliphatic carbocycles. The van der Waals surface area contributed by atoms with E-state index in [-0.39, 0.29) is 0 Å². The van der Waals surface area contributed by atoms with Crippen LogP contribution < -0.4 is 15.4 Å². The summed E-state index contributed by atoms with van der Waals surface area (Å²) < 4.78 is 10.7. The molecule has 6 heteroatoms. The highest BCUT2D eigenvalue weighted by Gasteiger charge is 2.06. The molecule has 2 aromatic rings. The zero-order valence-corrected chi connectivity index (χ0v) is 16.7. The van der Waals surface area contributed by atoms with E-state index in [9.17, 15) is 0 Å². The van der Waals surface area contributed by atoms with Crippen LogP contribution in [-0.2, 0) is 17.7 Å². The highest BCUT2D eigenvalue weighted by Crippen LogP contribution is 2.13. The molecule has 0 spiro atoms. The molecular weight excluding hydrogens is 340 g/mol. The van der Waals surface area contributed by atoms with E-state index in [2.05, 4.69) is 52.7 Å². The second-order valence-electron chi connectivity index (χ2n) is 6.41. The van der Waals surface area contributed by atoms with Crippen molar-refractivity contribution in [2.24, 2.45) is 4.99 Å². The first kappa shape index (κ1) is 20.7. The summed E-state index contributed by atoms with van der Waals surface area (Å²) in [6, 6.07) is 10.5. The average molecular weight is 370 g/mol. The van der Waals surface area contributed by atoms with Gasteiger partial charge in [-0.3, -0.25) is 4.99 Å². The molecule has 6 nitrogen and oxygen atoms in total. The molecule has 27 heavy (non-hydrogen) atoms. The number of nitrogens with zero attached hydrogens (tertiary/aromatic N) is 2. The van der Waals surface area contributed by atoms with Crippen molar-refractivity contribution in [1.82, 2.24) is 15.6 Å². The zero-order chi connectivity index (χ0) is 19.5. The lowest BCUT2D eigenvalue weighted by Gasteiger charge is -2.14. The van der Waals surface area contributed by atoms with Crippen molar-refractivity contribution < 1.29 is 9.47 Å². The van der Waals surface area contributed by atoms with Gasteiger partial charge in [0.25, 0.3) is 0 Å². The molecule has 0 fully saturated rings. The molecule has 2 N–H and O–H groups in total. The van der Waals surface area contributed by atoms with Crippen LogP contribution in [0.15, 0.2) is 41.5 Å². The molecule has 0 unspecified atom stereocenters. The largest absolute Gasteiger partial charge is 0.475 e. The number of aryl methyl sites for hydroxylation is 2. The highest BCUT2D eigenvalue weighted by atomic mass is 16.5. The maximum atomic E-state index is 5.67. The van der Waals surface area contributed by atoms with Crippen LogP contribution in [0.3, 0.4) is 0 Å². The second kappa shape index (κ2) is 11.2. The number of methoxy groups -OCH3 is 1. The number of rotatable bonds is 9. The molecule has 1 heterocycles. The number of ether oxygens (including phenoxy) is 2. The molecule has 0 radical (unpaired) electrons. The summed E-state index contributed by atoms with van der Waals surface area (Å²) in [6.07, 6.45) is 2.67. The van der Waals surface area contributed by atoms with Gasteiger partial charge >= 0.3 is 0 Å². The number of guanidine groups is 1. The van der Waals surface area contributed by atoms with Gasteiger partial charge < -0.3 is 20.1 Å². The van der Waals surface area contributed by atoms with Crippen LogP contribution in [0.2, 0.25) is 0 Å². The second-order valence-corrected chi connectivity index (χ2v) is 6.41. The summed E-state index contributed by atoms with van der Waals surface area (Å²) in [6.45, 7) is 6.66. The molecule has 0 aliphatic heterocycles. The Morgan fingerprint density at radius 1 is 1.11 bits per heavy atom. The van der Waals surface area contributed by atoms with Crippen molar-refractivity contribution in [3.05, 3.63) is 58.8 Å². The van der Waals surface area contributed by atoms with Gasteiger partial charge in [0, 0.05) is 39.0 Å². The Bertz CT molecular complexity index is 726. The minimum Gasteiger partial charge on any atom is -0.475 e. The average Bonchev–Trinajstić information content (AvgIpc) is 2.65. The van der Waals surface area contributed by atoms with Crippen LogP contribution in [0, 0.1) is 13.8 Å². The first-order chi connectivity index (χ1) is 13.1. The van der Waals surface area contributed by atoms with Crippen molar-refractivity contribution in [3.63, 3.8) is 0 Å². The minimum atomic E-state index is 0.476. The molecular formula is C21H30N4O2. The van der Waals surface area contributed by atoms with Gasteiger partial charge in [0.1, 0.15) is 6.61 Å². The van der Waals surface area contributed by atoms with Crippen molar-refractivity contribution >= 4 is 5.96 Å². The standard InChI is InChI=1S/C21H30N4O2/c1-16-12-17(2)14-18(13-16)7-9-24-21(22-3)25-15-19-6-5-8-23-20(19)27-11-10-26-4/h5-6,8,12-14H,7,9-11,15H2,1-4H3,(H2,22,24,25). The highest BCUT2D eigenvalue weighted by molar-refractivity contribution is 5.79. The summed E-state index contributed by atoms with van der Waals surface area (Å²) in [5.74, 6) is 1.37. The summed E-state index contributed by atoms with van der Waals surface area (Å²) >= 11 is 0. The third-order valence-electron chi connectivity index (χ3n) is 4.03. The lowest BCUT2D eigenvalue weighted by atomic mass is 10.1. The number of hydrogen-bond acceptors (Lipinski definition) is 4. The van der Waals surface area contributed by atoms with E-state index in [0.717, 1.165) is 24.5 Å². The van der Waals surface area contributed by atoms with E-state index in [1.165, 1.54) is 16.7 Å². The molecule has 0 aliphatic rings. The van der Waals surface area contributed by atoms with E-state index in [1.54, 1.807) is 20.4 Å². The molecule has 0 amide bonds. The maximum Gasteiger partial charge on any atom is 0.218 e. The summed E-state index contributed by atoms with van der Waals surface area (Å²) in [7, 11) is 3.42. The van der Waals surface area contributed by atoms with Crippen LogP contribution >= 0.6 is 0 Å². The summed E-state index contributed by atoms with van der Waals surface area (Å²) in [5.41, 5.74) is 4.90. The topological polar surface area (TPSA) is 67.8 Å². The van der Waals surface area contributed by atoms with Gasteiger partial charge in [-0.25, -0.2) is 4.98 Å². The number of aliphatic imine (C=N–C) groups is 1. The van der Waals surface area contributed by atoms with Crippen LogP contribution in [0.5, 0.6) is 5.88 Å². The number of aromatic nitrogens is 1. The van der Waals surface area contributed by atoms with Gasteiger partial charge in [0.05, 0.1) is 6.61 Å². The predicted octanol–water partition coefficient (Wildman–Crippen LogP) is 2.63. The van der Waals surface area contributed by atoms with Gasteiger partial charge in [0.2, 0.25) is 5.88 Å². The molecule has 0 atom stereocenters. The van der Waals surface area contributed by atoms with E-state index in [1.807, 2.05) is 12.1 Å². The number of benzene rings is 1. The lowest BCUT2D eigenvalue weighted by molar-refractivity contribution is 0.143. The van der Waals surface area contributed by atoms with E-state index in [4.69, 9.17) is 9.47 Å². The van der Waals surface area contributed by atoms with Crippen LogP contribution in [0.1, 0.15) is 22.3 Å². The van der Waals surface area contributed by atoms with Crippen LogP contribution in [0.4, 0.5) is 0 Å². The smallest absolute Gasteiger partial charge is 0.218 e. The van der Waals surface area contributed by atoms with Gasteiger partial charge in [-0.2, -0.15) is 0 Å². The molecule has 1 aromatic heterocycles. The van der Waals surface area contributed by atoms with E-state index < -0.39 is 0 Å². The van der Waals surface area contributed by atoms with Crippen molar-refractivity contribution in [1.29, 1.82) is 0 Å². The van der Waals surface area contributed by atoms with Gasteiger partial charge in [-0.1, -0.05) is 35.4 Å². The fourth-order valence-corrected chi connectivity index (χ4v) is 2.85. The molecule has 0 saturated heterocycles. The molecule has 0 saturated carbocycles. The maximum absolute atomic E-state index is 5.67. The van der Waals surface area contributed by atoms with Crippen molar-refractivity contribution in [2.75, 3.05) is 33.9 Å². The van der Waals surface area contributed by atoms with Crippen molar-refractivity contribution in [2.45, 2.75) is 26.8 Å². The summed E-state index contributed by atoms with van der Waals surface area (Å²) in [5, 5.41) is 6.67. The van der Waals surface area contributed by atoms with Crippen LogP contribution in [-0.4, -0.2) is 44.9 Å². The Balaban J connectivity index is 1.83. The summed E-state index contributed by atoms with van der Waals surface area (Å²) in [4.78, 5) is 8.58. The first-order valence-corrected chi connectivity index (χ1v) is 9.19. The van der Waals surface area contributed by atoms with E-state index >= 15 is 0 Å². The van der Waals surface area contributed by atoms with Gasteiger partial charge in [-0.15, -0.1) is 0 Å². The Kier molecular flexibility index (Phi) is 8.58. The zero-order valence-electron chi connectivity index (χ0n) is 16.7. The fraction of sp³-hybridized carbons (Fsp3) is 0.429. The normalized spacial score (nSPS) is 11.3. The van der Waals surface area contributed by atoms with Gasteiger partial charge in [-0.05, 0) is 31.9 Å². The molecule has 2 rings (SSSR count). The Morgan fingerprint density at radius 2 is 1.89 bits per heavy atom. The number of nitrogens with one attached hydrogen (secondary N) is 2. The number of pyridine rings is 1. The molecule has 146 valence electrons. The van der Waals surface area contributed by atoms with Gasteiger partial charge in [0.15, 0.2) is 5.96 Å².